The van der Waals surface area contributed by atoms with E-state index in [-0.39, 0.29) is 16.8 Å². The van der Waals surface area contributed by atoms with Crippen molar-refractivity contribution in [1.82, 2.24) is 9.71 Å². The molecule has 3 N–H and O–H groups in total. The number of anilines is 1. The number of hydrogen-bond acceptors (Lipinski definition) is 5. The average molecular weight is 283 g/mol. The van der Waals surface area contributed by atoms with E-state index in [2.05, 4.69) is 9.71 Å². The monoisotopic (exact) mass is 283 g/mol. The van der Waals surface area contributed by atoms with Gasteiger partial charge in [0, 0.05) is 12.2 Å². The van der Waals surface area contributed by atoms with Crippen LogP contribution in [0.3, 0.4) is 0 Å². The molecule has 0 aliphatic heterocycles. The van der Waals surface area contributed by atoms with E-state index in [1.54, 1.807) is 13.0 Å². The number of nitrogens with two attached hydrogens (primary N) is 1. The first-order chi connectivity index (χ1) is 8.50. The van der Waals surface area contributed by atoms with Gasteiger partial charge in [-0.25, -0.2) is 18.1 Å². The number of nitrogen functional groups attached to an aromatic ring is 1. The van der Waals surface area contributed by atoms with Gasteiger partial charge in [-0.15, -0.1) is 0 Å². The van der Waals surface area contributed by atoms with Crippen LogP contribution >= 0.6 is 11.3 Å². The molecule has 18 heavy (non-hydrogen) atoms. The van der Waals surface area contributed by atoms with Gasteiger partial charge >= 0.3 is 0 Å². The van der Waals surface area contributed by atoms with Crippen molar-refractivity contribution in [1.29, 1.82) is 0 Å². The first-order valence-corrected chi connectivity index (χ1v) is 7.68. The zero-order valence-corrected chi connectivity index (χ0v) is 11.3. The van der Waals surface area contributed by atoms with Crippen molar-refractivity contribution in [2.24, 2.45) is 0 Å². The van der Waals surface area contributed by atoms with Crippen molar-refractivity contribution in [2.45, 2.75) is 18.0 Å². The Hall–Kier alpha value is -1.44. The number of hydrogen-bond donors (Lipinski definition) is 2. The van der Waals surface area contributed by atoms with Crippen molar-refractivity contribution in [2.75, 3.05) is 5.73 Å². The van der Waals surface area contributed by atoms with E-state index < -0.39 is 10.0 Å². The van der Waals surface area contributed by atoms with E-state index in [0.717, 1.165) is 5.56 Å². The Kier molecular flexibility index (Phi) is 3.65. The predicted molar refractivity (Wildman–Crippen MR) is 71.7 cm³/mol. The van der Waals surface area contributed by atoms with E-state index in [1.165, 1.54) is 23.6 Å². The highest BCUT2D eigenvalue weighted by molar-refractivity contribution is 7.89. The smallest absolute Gasteiger partial charge is 0.260 e. The van der Waals surface area contributed by atoms with Crippen LogP contribution in [0.2, 0.25) is 0 Å². The zero-order chi connectivity index (χ0) is 13.2. The van der Waals surface area contributed by atoms with E-state index in [4.69, 9.17) is 5.73 Å². The molecule has 0 aliphatic carbocycles. The summed E-state index contributed by atoms with van der Waals surface area (Å²) >= 11 is 1.52. The predicted octanol–water partition coefficient (Wildman–Crippen LogP) is 1.76. The molecule has 0 spiro atoms. The Morgan fingerprint density at radius 2 is 2.22 bits per heavy atom. The summed E-state index contributed by atoms with van der Waals surface area (Å²) in [4.78, 5) is 3.81. The lowest BCUT2D eigenvalue weighted by Crippen LogP contribution is -2.28. The molecule has 0 saturated carbocycles. The molecule has 1 unspecified atom stereocenters. The van der Waals surface area contributed by atoms with Gasteiger partial charge in [0.05, 0.1) is 5.69 Å². The van der Waals surface area contributed by atoms with Gasteiger partial charge in [-0.2, -0.15) is 11.3 Å². The normalized spacial score (nSPS) is 13.4. The number of pyridine rings is 1. The Morgan fingerprint density at radius 3 is 2.83 bits per heavy atom. The molecular weight excluding hydrogens is 270 g/mol. The molecule has 2 heterocycles. The van der Waals surface area contributed by atoms with Crippen LogP contribution in [0.25, 0.3) is 0 Å². The summed E-state index contributed by atoms with van der Waals surface area (Å²) in [5, 5.41) is 3.66. The molecule has 2 aromatic heterocycles. The third-order valence-electron chi connectivity index (χ3n) is 2.43. The van der Waals surface area contributed by atoms with Crippen LogP contribution < -0.4 is 10.5 Å². The van der Waals surface area contributed by atoms with Gasteiger partial charge in [0.15, 0.2) is 5.03 Å². The number of thiophene rings is 1. The molecule has 96 valence electrons. The molecule has 0 amide bonds. The fraction of sp³-hybridized carbons (Fsp3) is 0.182. The lowest BCUT2D eigenvalue weighted by atomic mass is 10.2. The Morgan fingerprint density at radius 1 is 1.44 bits per heavy atom. The summed E-state index contributed by atoms with van der Waals surface area (Å²) in [7, 11) is -3.70. The Labute approximate surface area is 110 Å². The summed E-state index contributed by atoms with van der Waals surface area (Å²) in [5.74, 6) is 0. The van der Waals surface area contributed by atoms with Crippen molar-refractivity contribution in [3.05, 3.63) is 40.7 Å². The maximum atomic E-state index is 12.1. The van der Waals surface area contributed by atoms with Crippen LogP contribution in [0.15, 0.2) is 40.2 Å². The van der Waals surface area contributed by atoms with Crippen molar-refractivity contribution < 1.29 is 8.42 Å². The second-order valence-corrected chi connectivity index (χ2v) is 6.21. The van der Waals surface area contributed by atoms with Crippen molar-refractivity contribution in [3.63, 3.8) is 0 Å². The summed E-state index contributed by atoms with van der Waals surface area (Å²) in [6, 6.07) is 4.66. The van der Waals surface area contributed by atoms with Gasteiger partial charge in [-0.3, -0.25) is 0 Å². The molecule has 0 aromatic carbocycles. The second-order valence-electron chi connectivity index (χ2n) is 3.80. The molecule has 0 bridgehead atoms. The quantitative estimate of drug-likeness (QED) is 0.895. The van der Waals surface area contributed by atoms with Crippen LogP contribution in [-0.2, 0) is 10.0 Å². The van der Waals surface area contributed by atoms with Gasteiger partial charge in [0.25, 0.3) is 10.0 Å². The highest BCUT2D eigenvalue weighted by atomic mass is 32.2. The number of aromatic nitrogens is 1. The molecule has 1 atom stereocenters. The van der Waals surface area contributed by atoms with Crippen LogP contribution in [0.4, 0.5) is 5.69 Å². The first kappa shape index (κ1) is 13.0. The standard InChI is InChI=1S/C11H13N3O2S2/c1-8(9-4-6-17-7-9)14-18(15,16)11-10(12)3-2-5-13-11/h2-8,14H,12H2,1H3. The molecule has 5 nitrogen and oxygen atoms in total. The minimum absolute atomic E-state index is 0.132. The Balaban J connectivity index is 2.26. The third kappa shape index (κ3) is 2.69. The number of nitrogens with zero attached hydrogens (tertiary/aromatic N) is 1. The molecule has 0 aliphatic rings. The van der Waals surface area contributed by atoms with E-state index in [9.17, 15) is 8.42 Å². The molecule has 0 radical (unpaired) electrons. The highest BCUT2D eigenvalue weighted by Crippen LogP contribution is 2.20. The molecule has 0 fully saturated rings. The SMILES string of the molecule is CC(NS(=O)(=O)c1ncccc1N)c1ccsc1. The Bertz CT molecular complexity index is 623. The fourth-order valence-electron chi connectivity index (χ4n) is 1.51. The maximum Gasteiger partial charge on any atom is 0.260 e. The van der Waals surface area contributed by atoms with Crippen LogP contribution in [-0.4, -0.2) is 13.4 Å². The number of rotatable bonds is 4. The lowest BCUT2D eigenvalue weighted by molar-refractivity contribution is 0.564. The van der Waals surface area contributed by atoms with E-state index >= 15 is 0 Å². The van der Waals surface area contributed by atoms with Crippen LogP contribution in [0.5, 0.6) is 0 Å². The van der Waals surface area contributed by atoms with Crippen LogP contribution in [0.1, 0.15) is 18.5 Å². The minimum atomic E-state index is -3.70. The maximum absolute atomic E-state index is 12.1. The molecule has 0 saturated heterocycles. The lowest BCUT2D eigenvalue weighted by Gasteiger charge is -2.13. The van der Waals surface area contributed by atoms with Gasteiger partial charge < -0.3 is 5.73 Å². The molecule has 2 aromatic rings. The first-order valence-electron chi connectivity index (χ1n) is 5.25. The van der Waals surface area contributed by atoms with Gasteiger partial charge in [-0.1, -0.05) is 0 Å². The summed E-state index contributed by atoms with van der Waals surface area (Å²) < 4.78 is 26.8. The largest absolute Gasteiger partial charge is 0.396 e. The fourth-order valence-corrected chi connectivity index (χ4v) is 3.55. The summed E-state index contributed by atoms with van der Waals surface area (Å²) in [6.45, 7) is 1.78. The summed E-state index contributed by atoms with van der Waals surface area (Å²) in [5.41, 5.74) is 6.68. The average Bonchev–Trinajstić information content (AvgIpc) is 2.82. The second kappa shape index (κ2) is 5.05. The zero-order valence-electron chi connectivity index (χ0n) is 9.70. The van der Waals surface area contributed by atoms with Gasteiger partial charge in [-0.05, 0) is 41.4 Å². The summed E-state index contributed by atoms with van der Waals surface area (Å²) in [6.07, 6.45) is 1.40. The topological polar surface area (TPSA) is 85.1 Å². The highest BCUT2D eigenvalue weighted by Gasteiger charge is 2.22. The van der Waals surface area contributed by atoms with E-state index in [0.29, 0.717) is 0 Å². The van der Waals surface area contributed by atoms with Crippen LogP contribution in [0, 0.1) is 0 Å². The number of sulfonamides is 1. The van der Waals surface area contributed by atoms with E-state index in [1.807, 2.05) is 16.8 Å². The van der Waals surface area contributed by atoms with Crippen molar-refractivity contribution in [3.8, 4) is 0 Å². The van der Waals surface area contributed by atoms with Crippen molar-refractivity contribution >= 4 is 27.0 Å². The number of nitrogens with one attached hydrogen (secondary N) is 1. The van der Waals surface area contributed by atoms with Gasteiger partial charge in [0.1, 0.15) is 0 Å². The molecule has 7 heteroatoms. The molecular formula is C11H13N3O2S2. The third-order valence-corrected chi connectivity index (χ3v) is 4.65. The molecule has 2 rings (SSSR count). The van der Waals surface area contributed by atoms with Gasteiger partial charge in [0.2, 0.25) is 0 Å². The minimum Gasteiger partial charge on any atom is -0.396 e.